The van der Waals surface area contributed by atoms with Gasteiger partial charge in [-0.1, -0.05) is 18.2 Å². The van der Waals surface area contributed by atoms with E-state index < -0.39 is 5.54 Å². The zero-order chi connectivity index (χ0) is 12.5. The number of nitrogens with one attached hydrogen (secondary N) is 1. The Bertz CT molecular complexity index is 431. The molecule has 3 nitrogen and oxygen atoms in total. The van der Waals surface area contributed by atoms with Crippen molar-refractivity contribution in [3.63, 3.8) is 0 Å². The van der Waals surface area contributed by atoms with E-state index in [-0.39, 0.29) is 12.0 Å². The molecule has 0 saturated carbocycles. The molecular formula is C13H17NO2S. The summed E-state index contributed by atoms with van der Waals surface area (Å²) in [5.74, 6) is 0.728. The van der Waals surface area contributed by atoms with Gasteiger partial charge in [0.25, 0.3) is 0 Å². The van der Waals surface area contributed by atoms with Crippen molar-refractivity contribution >= 4 is 17.7 Å². The Hall–Kier alpha value is -1.00. The number of hydrogen-bond acceptors (Lipinski definition) is 4. The van der Waals surface area contributed by atoms with E-state index in [9.17, 15) is 4.79 Å². The second-order valence-corrected chi connectivity index (χ2v) is 5.72. The fourth-order valence-corrected chi connectivity index (χ4v) is 3.19. The van der Waals surface area contributed by atoms with Gasteiger partial charge in [0, 0.05) is 16.7 Å². The predicted molar refractivity (Wildman–Crippen MR) is 69.1 cm³/mol. The van der Waals surface area contributed by atoms with Gasteiger partial charge in [-0.15, -0.1) is 11.8 Å². The number of methoxy groups -OCH3 is 1. The standard InChI is InChI=1S/C13H17NO2S/c1-13(2,12(15)16-3)14-10-8-17-11-7-5-4-6-9(10)11/h4-7,10,14H,8H2,1-3H3. The number of benzene rings is 1. The van der Waals surface area contributed by atoms with Crippen LogP contribution < -0.4 is 5.32 Å². The highest BCUT2D eigenvalue weighted by molar-refractivity contribution is 7.99. The van der Waals surface area contributed by atoms with Crippen LogP contribution in [0.5, 0.6) is 0 Å². The van der Waals surface area contributed by atoms with Crippen molar-refractivity contribution < 1.29 is 9.53 Å². The number of thioether (sulfide) groups is 1. The highest BCUT2D eigenvalue weighted by atomic mass is 32.2. The van der Waals surface area contributed by atoms with Gasteiger partial charge >= 0.3 is 5.97 Å². The minimum atomic E-state index is -0.655. The van der Waals surface area contributed by atoms with Crippen LogP contribution in [-0.4, -0.2) is 24.4 Å². The molecular weight excluding hydrogens is 234 g/mol. The molecule has 1 N–H and O–H groups in total. The van der Waals surface area contributed by atoms with Crippen LogP contribution in [-0.2, 0) is 9.53 Å². The molecule has 2 rings (SSSR count). The van der Waals surface area contributed by atoms with E-state index in [1.165, 1.54) is 17.6 Å². The third-order valence-electron chi connectivity index (χ3n) is 2.93. The Balaban J connectivity index is 2.14. The molecule has 0 aliphatic carbocycles. The largest absolute Gasteiger partial charge is 0.468 e. The summed E-state index contributed by atoms with van der Waals surface area (Å²) in [5.41, 5.74) is 0.617. The second kappa shape index (κ2) is 4.70. The van der Waals surface area contributed by atoms with Crippen LogP contribution in [0.15, 0.2) is 29.2 Å². The third-order valence-corrected chi connectivity index (χ3v) is 4.11. The van der Waals surface area contributed by atoms with Crippen molar-refractivity contribution in [1.29, 1.82) is 0 Å². The molecule has 0 fully saturated rings. The molecule has 1 aromatic carbocycles. The summed E-state index contributed by atoms with van der Waals surface area (Å²) in [6, 6.07) is 8.52. The lowest BCUT2D eigenvalue weighted by molar-refractivity contribution is -0.147. The number of carbonyl (C=O) groups excluding carboxylic acids is 1. The van der Waals surface area contributed by atoms with Gasteiger partial charge in [-0.2, -0.15) is 0 Å². The fourth-order valence-electron chi connectivity index (χ4n) is 2.03. The van der Waals surface area contributed by atoms with Crippen LogP contribution in [0.3, 0.4) is 0 Å². The van der Waals surface area contributed by atoms with E-state index in [4.69, 9.17) is 4.74 Å². The smallest absolute Gasteiger partial charge is 0.325 e. The SMILES string of the molecule is COC(=O)C(C)(C)NC1CSc2ccccc21. The second-order valence-electron chi connectivity index (χ2n) is 4.66. The molecule has 1 heterocycles. The first-order chi connectivity index (χ1) is 8.04. The van der Waals surface area contributed by atoms with Gasteiger partial charge in [-0.3, -0.25) is 10.1 Å². The monoisotopic (exact) mass is 251 g/mol. The van der Waals surface area contributed by atoms with E-state index in [1.807, 2.05) is 37.7 Å². The fraction of sp³-hybridized carbons (Fsp3) is 0.462. The molecule has 92 valence electrons. The lowest BCUT2D eigenvalue weighted by Gasteiger charge is -2.27. The summed E-state index contributed by atoms with van der Waals surface area (Å²) in [6.07, 6.45) is 0. The van der Waals surface area contributed by atoms with Crippen molar-refractivity contribution in [2.24, 2.45) is 0 Å². The summed E-state index contributed by atoms with van der Waals surface area (Å²) in [5, 5.41) is 3.37. The molecule has 0 saturated heterocycles. The summed E-state index contributed by atoms with van der Waals surface area (Å²) in [4.78, 5) is 12.9. The van der Waals surface area contributed by atoms with Crippen molar-refractivity contribution in [2.75, 3.05) is 12.9 Å². The van der Waals surface area contributed by atoms with Gasteiger partial charge < -0.3 is 4.74 Å². The number of rotatable bonds is 3. The van der Waals surface area contributed by atoms with Crippen molar-refractivity contribution in [1.82, 2.24) is 5.32 Å². The van der Waals surface area contributed by atoms with Gasteiger partial charge in [0.15, 0.2) is 0 Å². The quantitative estimate of drug-likeness (QED) is 0.837. The van der Waals surface area contributed by atoms with E-state index in [1.54, 1.807) is 0 Å². The van der Waals surface area contributed by atoms with Gasteiger partial charge in [0.05, 0.1) is 7.11 Å². The Labute approximate surface area is 106 Å². The number of hydrogen-bond donors (Lipinski definition) is 1. The average Bonchev–Trinajstić information content (AvgIpc) is 2.71. The van der Waals surface area contributed by atoms with Gasteiger partial charge in [0.1, 0.15) is 5.54 Å². The average molecular weight is 251 g/mol. The summed E-state index contributed by atoms with van der Waals surface area (Å²) >= 11 is 1.82. The van der Waals surface area contributed by atoms with Crippen LogP contribution in [0.1, 0.15) is 25.5 Å². The number of carbonyl (C=O) groups is 1. The first-order valence-electron chi connectivity index (χ1n) is 5.62. The number of fused-ring (bicyclic) bond motifs is 1. The van der Waals surface area contributed by atoms with Gasteiger partial charge in [-0.25, -0.2) is 0 Å². The minimum Gasteiger partial charge on any atom is -0.468 e. The molecule has 1 aromatic rings. The molecule has 1 unspecified atom stereocenters. The molecule has 17 heavy (non-hydrogen) atoms. The lowest BCUT2D eigenvalue weighted by Crippen LogP contribution is -2.49. The number of ether oxygens (including phenoxy) is 1. The maximum atomic E-state index is 11.6. The first-order valence-corrected chi connectivity index (χ1v) is 6.61. The Kier molecular flexibility index (Phi) is 3.45. The van der Waals surface area contributed by atoms with Crippen LogP contribution in [0.4, 0.5) is 0 Å². The minimum absolute atomic E-state index is 0.213. The normalized spacial score (nSPS) is 18.9. The number of esters is 1. The summed E-state index contributed by atoms with van der Waals surface area (Å²) in [6.45, 7) is 3.70. The van der Waals surface area contributed by atoms with Crippen LogP contribution in [0.2, 0.25) is 0 Å². The Morgan fingerprint density at radius 3 is 2.88 bits per heavy atom. The molecule has 1 atom stereocenters. The molecule has 1 aliphatic heterocycles. The lowest BCUT2D eigenvalue weighted by atomic mass is 10.0. The third kappa shape index (κ3) is 2.48. The molecule has 1 aliphatic rings. The molecule has 0 spiro atoms. The summed E-state index contributed by atoms with van der Waals surface area (Å²) < 4.78 is 4.81. The zero-order valence-electron chi connectivity index (χ0n) is 10.3. The van der Waals surface area contributed by atoms with E-state index in [0.717, 1.165) is 5.75 Å². The molecule has 0 aromatic heterocycles. The Morgan fingerprint density at radius 2 is 2.18 bits per heavy atom. The maximum Gasteiger partial charge on any atom is 0.325 e. The zero-order valence-corrected chi connectivity index (χ0v) is 11.1. The first kappa shape index (κ1) is 12.5. The molecule has 0 radical (unpaired) electrons. The molecule has 0 amide bonds. The van der Waals surface area contributed by atoms with Crippen LogP contribution >= 0.6 is 11.8 Å². The molecule has 0 bridgehead atoms. The predicted octanol–water partition coefficient (Wildman–Crippen LogP) is 2.37. The van der Waals surface area contributed by atoms with Crippen molar-refractivity contribution in [2.45, 2.75) is 30.3 Å². The topological polar surface area (TPSA) is 38.3 Å². The van der Waals surface area contributed by atoms with Crippen molar-refractivity contribution in [3.05, 3.63) is 29.8 Å². The molecule has 4 heteroatoms. The van der Waals surface area contributed by atoms with E-state index >= 15 is 0 Å². The Morgan fingerprint density at radius 1 is 1.47 bits per heavy atom. The van der Waals surface area contributed by atoms with Crippen molar-refractivity contribution in [3.8, 4) is 0 Å². The van der Waals surface area contributed by atoms with E-state index in [0.29, 0.717) is 0 Å². The van der Waals surface area contributed by atoms with Gasteiger partial charge in [-0.05, 0) is 25.5 Å². The highest BCUT2D eigenvalue weighted by Crippen LogP contribution is 2.38. The highest BCUT2D eigenvalue weighted by Gasteiger charge is 2.34. The van der Waals surface area contributed by atoms with Crippen LogP contribution in [0, 0.1) is 0 Å². The van der Waals surface area contributed by atoms with Crippen LogP contribution in [0.25, 0.3) is 0 Å². The van der Waals surface area contributed by atoms with Gasteiger partial charge in [0.2, 0.25) is 0 Å². The summed E-state index contributed by atoms with van der Waals surface area (Å²) in [7, 11) is 1.42. The van der Waals surface area contributed by atoms with E-state index in [2.05, 4.69) is 17.4 Å². The maximum absolute atomic E-state index is 11.6.